The van der Waals surface area contributed by atoms with Gasteiger partial charge in [-0.2, -0.15) is 0 Å². The minimum absolute atomic E-state index is 0.285. The van der Waals surface area contributed by atoms with Crippen molar-refractivity contribution in [2.75, 3.05) is 13.2 Å². The Hall–Kier alpha value is -0.510. The van der Waals surface area contributed by atoms with Gasteiger partial charge >= 0.3 is 0 Å². The summed E-state index contributed by atoms with van der Waals surface area (Å²) in [5.41, 5.74) is 8.81. The molecule has 106 valence electrons. The minimum atomic E-state index is 0.285. The van der Waals surface area contributed by atoms with Gasteiger partial charge in [0, 0.05) is 29.4 Å². The lowest BCUT2D eigenvalue weighted by Gasteiger charge is -2.22. The quantitative estimate of drug-likeness (QED) is 0.895. The number of hydrogen-bond acceptors (Lipinski definition) is 3. The summed E-state index contributed by atoms with van der Waals surface area (Å²) in [5.74, 6) is 0. The molecule has 0 bridgehead atoms. The number of nitrogens with two attached hydrogens (primary N) is 1. The topological polar surface area (TPSA) is 35.2 Å². The Morgan fingerprint density at radius 2 is 2.11 bits per heavy atom. The maximum atomic E-state index is 6.04. The molecule has 1 fully saturated rings. The lowest BCUT2D eigenvalue weighted by atomic mass is 10.0. The van der Waals surface area contributed by atoms with Gasteiger partial charge in [0.1, 0.15) is 0 Å². The normalized spacial score (nSPS) is 18.5. The van der Waals surface area contributed by atoms with Crippen molar-refractivity contribution < 1.29 is 4.74 Å². The lowest BCUT2D eigenvalue weighted by Crippen LogP contribution is -2.21. The van der Waals surface area contributed by atoms with Gasteiger partial charge in [0.15, 0.2) is 0 Å². The maximum Gasteiger partial charge on any atom is 0.0476 e. The average molecular weight is 279 g/mol. The van der Waals surface area contributed by atoms with Crippen molar-refractivity contribution in [2.45, 2.75) is 55.7 Å². The monoisotopic (exact) mass is 279 g/mol. The van der Waals surface area contributed by atoms with E-state index < -0.39 is 0 Å². The van der Waals surface area contributed by atoms with Crippen LogP contribution in [0.4, 0.5) is 0 Å². The zero-order chi connectivity index (χ0) is 13.7. The van der Waals surface area contributed by atoms with Gasteiger partial charge in [-0.05, 0) is 55.9 Å². The molecule has 2 nitrogen and oxygen atoms in total. The third kappa shape index (κ3) is 4.51. The van der Waals surface area contributed by atoms with Crippen molar-refractivity contribution in [1.82, 2.24) is 0 Å². The fourth-order valence-corrected chi connectivity index (χ4v) is 3.59. The van der Waals surface area contributed by atoms with Gasteiger partial charge in [-0.3, -0.25) is 0 Å². The van der Waals surface area contributed by atoms with Gasteiger partial charge in [0.25, 0.3) is 0 Å². The van der Waals surface area contributed by atoms with Gasteiger partial charge in [0.2, 0.25) is 0 Å². The van der Waals surface area contributed by atoms with E-state index in [0.717, 1.165) is 31.3 Å². The fourth-order valence-electron chi connectivity index (χ4n) is 2.38. The Balaban J connectivity index is 1.97. The van der Waals surface area contributed by atoms with Crippen LogP contribution in [-0.4, -0.2) is 24.5 Å². The molecule has 2 rings (SSSR count). The van der Waals surface area contributed by atoms with Crippen LogP contribution in [0.2, 0.25) is 0 Å². The molecular formula is C16H25NOS. The third-order valence-corrected chi connectivity index (χ3v) is 5.12. The van der Waals surface area contributed by atoms with Crippen molar-refractivity contribution in [2.24, 2.45) is 5.73 Å². The smallest absolute Gasteiger partial charge is 0.0476 e. The molecule has 1 saturated heterocycles. The summed E-state index contributed by atoms with van der Waals surface area (Å²) in [6, 6.07) is 7.11. The highest BCUT2D eigenvalue weighted by atomic mass is 32.2. The Labute approximate surface area is 121 Å². The zero-order valence-corrected chi connectivity index (χ0v) is 12.8. The number of rotatable bonds is 5. The molecule has 1 aliphatic heterocycles. The summed E-state index contributed by atoms with van der Waals surface area (Å²) in [5, 5.41) is 0.719. The molecule has 19 heavy (non-hydrogen) atoms. The van der Waals surface area contributed by atoms with E-state index >= 15 is 0 Å². The van der Waals surface area contributed by atoms with Gasteiger partial charge < -0.3 is 10.5 Å². The maximum absolute atomic E-state index is 6.04. The van der Waals surface area contributed by atoms with Gasteiger partial charge in [-0.1, -0.05) is 13.0 Å². The van der Waals surface area contributed by atoms with E-state index in [-0.39, 0.29) is 6.04 Å². The first-order valence-corrected chi connectivity index (χ1v) is 8.16. The van der Waals surface area contributed by atoms with E-state index in [1.54, 1.807) is 0 Å². The fraction of sp³-hybridized carbons (Fsp3) is 0.625. The number of benzene rings is 1. The lowest BCUT2D eigenvalue weighted by molar-refractivity contribution is 0.100. The molecule has 0 amide bonds. The van der Waals surface area contributed by atoms with E-state index in [9.17, 15) is 0 Å². The SMILES string of the molecule is CCC(N)Cc1ccc(SC2CCOCC2)cc1C. The van der Waals surface area contributed by atoms with Crippen molar-refractivity contribution in [1.29, 1.82) is 0 Å². The Bertz CT molecular complexity index is 402. The summed E-state index contributed by atoms with van der Waals surface area (Å²) < 4.78 is 5.41. The molecule has 1 aliphatic rings. The molecule has 1 heterocycles. The molecule has 3 heteroatoms. The minimum Gasteiger partial charge on any atom is -0.381 e. The Kier molecular flexibility index (Phi) is 5.74. The highest BCUT2D eigenvalue weighted by molar-refractivity contribution is 8.00. The highest BCUT2D eigenvalue weighted by Crippen LogP contribution is 2.31. The summed E-state index contributed by atoms with van der Waals surface area (Å²) >= 11 is 2.00. The van der Waals surface area contributed by atoms with Crippen LogP contribution in [0.1, 0.15) is 37.3 Å². The molecule has 0 radical (unpaired) electrons. The van der Waals surface area contributed by atoms with Crippen LogP contribution in [0.5, 0.6) is 0 Å². The molecule has 0 spiro atoms. The first kappa shape index (κ1) is 14.9. The molecule has 0 aromatic heterocycles. The summed E-state index contributed by atoms with van der Waals surface area (Å²) in [6.07, 6.45) is 4.38. The molecule has 0 aliphatic carbocycles. The predicted octanol–water partition coefficient (Wildman–Crippen LogP) is 3.55. The second-order valence-electron chi connectivity index (χ2n) is 5.39. The van der Waals surface area contributed by atoms with Gasteiger partial charge in [0.05, 0.1) is 0 Å². The van der Waals surface area contributed by atoms with Crippen LogP contribution in [-0.2, 0) is 11.2 Å². The van der Waals surface area contributed by atoms with Gasteiger partial charge in [-0.25, -0.2) is 0 Å². The zero-order valence-electron chi connectivity index (χ0n) is 12.0. The van der Waals surface area contributed by atoms with E-state index in [1.807, 2.05) is 11.8 Å². The van der Waals surface area contributed by atoms with E-state index in [4.69, 9.17) is 10.5 Å². The summed E-state index contributed by atoms with van der Waals surface area (Å²) in [7, 11) is 0. The van der Waals surface area contributed by atoms with Crippen LogP contribution in [0.25, 0.3) is 0 Å². The second kappa shape index (κ2) is 7.32. The van der Waals surface area contributed by atoms with Crippen molar-refractivity contribution in [3.05, 3.63) is 29.3 Å². The number of ether oxygens (including phenoxy) is 1. The summed E-state index contributed by atoms with van der Waals surface area (Å²) in [6.45, 7) is 6.18. The summed E-state index contributed by atoms with van der Waals surface area (Å²) in [4.78, 5) is 1.39. The second-order valence-corrected chi connectivity index (χ2v) is 6.76. The Morgan fingerprint density at radius 1 is 1.37 bits per heavy atom. The van der Waals surface area contributed by atoms with Crippen LogP contribution < -0.4 is 5.73 Å². The van der Waals surface area contributed by atoms with E-state index in [2.05, 4.69) is 32.0 Å². The largest absolute Gasteiger partial charge is 0.381 e. The van der Waals surface area contributed by atoms with Crippen molar-refractivity contribution >= 4 is 11.8 Å². The molecule has 1 unspecified atom stereocenters. The van der Waals surface area contributed by atoms with Crippen LogP contribution in [0.15, 0.2) is 23.1 Å². The predicted molar refractivity (Wildman–Crippen MR) is 82.8 cm³/mol. The molecule has 1 aromatic carbocycles. The van der Waals surface area contributed by atoms with Crippen molar-refractivity contribution in [3.8, 4) is 0 Å². The molecule has 0 saturated carbocycles. The Morgan fingerprint density at radius 3 is 2.74 bits per heavy atom. The highest BCUT2D eigenvalue weighted by Gasteiger charge is 2.15. The van der Waals surface area contributed by atoms with Crippen LogP contribution in [0.3, 0.4) is 0 Å². The first-order chi connectivity index (χ1) is 9.19. The van der Waals surface area contributed by atoms with Crippen LogP contribution >= 0.6 is 11.8 Å². The molecular weight excluding hydrogens is 254 g/mol. The molecule has 2 N–H and O–H groups in total. The number of hydrogen-bond donors (Lipinski definition) is 1. The number of aryl methyl sites for hydroxylation is 1. The van der Waals surface area contributed by atoms with E-state index in [0.29, 0.717) is 0 Å². The van der Waals surface area contributed by atoms with E-state index in [1.165, 1.54) is 28.9 Å². The standard InChI is InChI=1S/C16H25NOS/c1-3-14(17)11-13-4-5-16(10-12(13)2)19-15-6-8-18-9-7-15/h4-5,10,14-15H,3,6-9,11,17H2,1-2H3. The molecule has 1 atom stereocenters. The number of thioether (sulfide) groups is 1. The molecule has 1 aromatic rings. The first-order valence-electron chi connectivity index (χ1n) is 7.28. The van der Waals surface area contributed by atoms with Gasteiger partial charge in [-0.15, -0.1) is 11.8 Å². The third-order valence-electron chi connectivity index (χ3n) is 3.79. The van der Waals surface area contributed by atoms with Crippen molar-refractivity contribution in [3.63, 3.8) is 0 Å². The average Bonchev–Trinajstić information content (AvgIpc) is 2.43. The van der Waals surface area contributed by atoms with Crippen LogP contribution in [0, 0.1) is 6.92 Å².